The molecule has 0 bridgehead atoms. The maximum absolute atomic E-state index is 10.5. The zero-order chi connectivity index (χ0) is 5.82. The molecule has 1 saturated heterocycles. The Hall–Kier alpha value is -0.180. The molecule has 0 atom stereocenters. The minimum absolute atomic E-state index is 0. The minimum Gasteiger partial charge on any atom is -0.466 e. The summed E-state index contributed by atoms with van der Waals surface area (Å²) in [7, 11) is 0. The number of hydrogen-bond acceptors (Lipinski definition) is 2. The quantitative estimate of drug-likeness (QED) is 0.483. The molecule has 1 aliphatic heterocycles. The van der Waals surface area contributed by atoms with Gasteiger partial charge >= 0.3 is 5.97 Å². The van der Waals surface area contributed by atoms with Gasteiger partial charge in [0, 0.05) is 6.42 Å². The highest BCUT2D eigenvalue weighted by molar-refractivity contribution is 7.59. The molecule has 1 fully saturated rings. The number of esters is 1. The lowest BCUT2D eigenvalue weighted by atomic mass is 10.2. The van der Waals surface area contributed by atoms with Gasteiger partial charge in [-0.1, -0.05) is 0 Å². The first-order valence-corrected chi connectivity index (χ1v) is 3.05. The van der Waals surface area contributed by atoms with Crippen LogP contribution >= 0.6 is 13.5 Å². The second-order valence-corrected chi connectivity index (χ2v) is 2.03. The maximum atomic E-state index is 10.5. The molecule has 0 radical (unpaired) electrons. The van der Waals surface area contributed by atoms with E-state index in [-0.39, 0.29) is 19.5 Å². The van der Waals surface area contributed by atoms with E-state index in [1.807, 2.05) is 0 Å². The van der Waals surface area contributed by atoms with Gasteiger partial charge in [0.05, 0.1) is 6.61 Å². The normalized spacial score (nSPS) is 19.3. The van der Waals surface area contributed by atoms with Crippen LogP contribution in [0.5, 0.6) is 0 Å². The van der Waals surface area contributed by atoms with Gasteiger partial charge < -0.3 is 4.74 Å². The summed E-state index contributed by atoms with van der Waals surface area (Å²) in [5.74, 6) is -0.0255. The molecule has 3 heteroatoms. The van der Waals surface area contributed by atoms with Gasteiger partial charge in [-0.2, -0.15) is 13.5 Å². The number of carbonyl (C=O) groups excluding carboxylic acids is 1. The Balaban J connectivity index is 0.000000640. The second kappa shape index (κ2) is 4.68. The number of hydrogen-bond donors (Lipinski definition) is 0. The molecular formula is C6H12O2S. The van der Waals surface area contributed by atoms with Crippen molar-refractivity contribution in [3.63, 3.8) is 0 Å². The zero-order valence-electron chi connectivity index (χ0n) is 5.35. The molecule has 1 heterocycles. The van der Waals surface area contributed by atoms with Gasteiger partial charge in [0.15, 0.2) is 0 Å². The Labute approximate surface area is 62.0 Å². The third kappa shape index (κ3) is 3.40. The summed E-state index contributed by atoms with van der Waals surface area (Å²) in [4.78, 5) is 10.5. The van der Waals surface area contributed by atoms with Gasteiger partial charge in [0.1, 0.15) is 0 Å². The van der Waals surface area contributed by atoms with Crippen molar-refractivity contribution < 1.29 is 9.53 Å². The van der Waals surface area contributed by atoms with Crippen LogP contribution in [0.25, 0.3) is 0 Å². The highest BCUT2D eigenvalue weighted by atomic mass is 32.1. The van der Waals surface area contributed by atoms with Crippen molar-refractivity contribution in [2.45, 2.75) is 25.7 Å². The van der Waals surface area contributed by atoms with Crippen molar-refractivity contribution in [2.24, 2.45) is 0 Å². The van der Waals surface area contributed by atoms with E-state index in [0.29, 0.717) is 13.0 Å². The van der Waals surface area contributed by atoms with E-state index >= 15 is 0 Å². The SMILES string of the molecule is O=C1CCCCCO1.S. The molecule has 0 saturated carbocycles. The first kappa shape index (κ1) is 8.82. The van der Waals surface area contributed by atoms with Crippen molar-refractivity contribution in [2.75, 3.05) is 6.61 Å². The largest absolute Gasteiger partial charge is 0.466 e. The van der Waals surface area contributed by atoms with Gasteiger partial charge in [-0.3, -0.25) is 4.79 Å². The molecule has 0 aromatic heterocycles. The lowest BCUT2D eigenvalue weighted by Gasteiger charge is -1.93. The summed E-state index contributed by atoms with van der Waals surface area (Å²) < 4.78 is 4.76. The third-order valence-corrected chi connectivity index (χ3v) is 1.29. The molecule has 0 aromatic rings. The van der Waals surface area contributed by atoms with Gasteiger partial charge in [-0.05, 0) is 19.3 Å². The molecule has 0 amide bonds. The average Bonchev–Trinajstić information content (AvgIpc) is 1.94. The van der Waals surface area contributed by atoms with Crippen LogP contribution in [-0.2, 0) is 9.53 Å². The second-order valence-electron chi connectivity index (χ2n) is 2.03. The molecule has 1 rings (SSSR count). The summed E-state index contributed by atoms with van der Waals surface area (Å²) in [6, 6.07) is 0. The Morgan fingerprint density at radius 1 is 1.22 bits per heavy atom. The predicted molar refractivity (Wildman–Crippen MR) is 39.8 cm³/mol. The van der Waals surface area contributed by atoms with E-state index in [1.165, 1.54) is 0 Å². The van der Waals surface area contributed by atoms with Crippen LogP contribution in [0.4, 0.5) is 0 Å². The fraction of sp³-hybridized carbons (Fsp3) is 0.833. The Bertz CT molecular complexity index is 83.1. The summed E-state index contributed by atoms with van der Waals surface area (Å²) in [6.07, 6.45) is 3.83. The lowest BCUT2D eigenvalue weighted by Crippen LogP contribution is -2.00. The van der Waals surface area contributed by atoms with Crippen LogP contribution in [0.1, 0.15) is 25.7 Å². The smallest absolute Gasteiger partial charge is 0.305 e. The van der Waals surface area contributed by atoms with Crippen molar-refractivity contribution in [1.29, 1.82) is 0 Å². The van der Waals surface area contributed by atoms with Gasteiger partial charge in [-0.25, -0.2) is 0 Å². The maximum Gasteiger partial charge on any atom is 0.305 e. The van der Waals surface area contributed by atoms with E-state index in [1.54, 1.807) is 0 Å². The van der Waals surface area contributed by atoms with Crippen LogP contribution < -0.4 is 0 Å². The summed E-state index contributed by atoms with van der Waals surface area (Å²) in [5.41, 5.74) is 0. The molecule has 0 N–H and O–H groups in total. The summed E-state index contributed by atoms with van der Waals surface area (Å²) in [6.45, 7) is 0.638. The van der Waals surface area contributed by atoms with Crippen LogP contribution in [0.3, 0.4) is 0 Å². The van der Waals surface area contributed by atoms with E-state index < -0.39 is 0 Å². The third-order valence-electron chi connectivity index (χ3n) is 1.29. The molecular weight excluding hydrogens is 136 g/mol. The highest BCUT2D eigenvalue weighted by Crippen LogP contribution is 2.06. The van der Waals surface area contributed by atoms with E-state index in [2.05, 4.69) is 0 Å². The predicted octanol–water partition coefficient (Wildman–Crippen LogP) is 1.22. The molecule has 0 aliphatic carbocycles. The first-order valence-electron chi connectivity index (χ1n) is 3.05. The zero-order valence-corrected chi connectivity index (χ0v) is 6.35. The Morgan fingerprint density at radius 2 is 2.00 bits per heavy atom. The number of ether oxygens (including phenoxy) is 1. The average molecular weight is 148 g/mol. The fourth-order valence-electron chi connectivity index (χ4n) is 0.806. The van der Waals surface area contributed by atoms with E-state index in [4.69, 9.17) is 4.74 Å². The van der Waals surface area contributed by atoms with Gasteiger partial charge in [-0.15, -0.1) is 0 Å². The van der Waals surface area contributed by atoms with Gasteiger partial charge in [0.25, 0.3) is 0 Å². The molecule has 0 spiro atoms. The van der Waals surface area contributed by atoms with Crippen LogP contribution in [-0.4, -0.2) is 12.6 Å². The van der Waals surface area contributed by atoms with Crippen LogP contribution in [0.15, 0.2) is 0 Å². The van der Waals surface area contributed by atoms with Gasteiger partial charge in [0.2, 0.25) is 0 Å². The standard InChI is InChI=1S/C6H10O2.H2S/c7-6-4-2-1-3-5-8-6;/h1-5H2;1H2. The van der Waals surface area contributed by atoms with Crippen LogP contribution in [0.2, 0.25) is 0 Å². The van der Waals surface area contributed by atoms with Crippen molar-refractivity contribution in [1.82, 2.24) is 0 Å². The molecule has 54 valence electrons. The molecule has 2 nitrogen and oxygen atoms in total. The monoisotopic (exact) mass is 148 g/mol. The van der Waals surface area contributed by atoms with Crippen molar-refractivity contribution >= 4 is 19.5 Å². The van der Waals surface area contributed by atoms with Crippen molar-refractivity contribution in [3.05, 3.63) is 0 Å². The molecule has 0 aromatic carbocycles. The number of rotatable bonds is 0. The van der Waals surface area contributed by atoms with Crippen molar-refractivity contribution in [3.8, 4) is 0 Å². The van der Waals surface area contributed by atoms with E-state index in [9.17, 15) is 4.79 Å². The van der Waals surface area contributed by atoms with Crippen LogP contribution in [0, 0.1) is 0 Å². The Kier molecular flexibility index (Phi) is 4.58. The first-order chi connectivity index (χ1) is 3.89. The topological polar surface area (TPSA) is 26.3 Å². The molecule has 1 aliphatic rings. The minimum atomic E-state index is -0.0255. The lowest BCUT2D eigenvalue weighted by molar-refractivity contribution is -0.142. The molecule has 0 unspecified atom stereocenters. The number of cyclic esters (lactones) is 1. The number of carbonyl (C=O) groups is 1. The fourth-order valence-corrected chi connectivity index (χ4v) is 0.806. The Morgan fingerprint density at radius 3 is 2.78 bits per heavy atom. The summed E-state index contributed by atoms with van der Waals surface area (Å²) >= 11 is 0. The highest BCUT2D eigenvalue weighted by Gasteiger charge is 2.05. The molecule has 9 heavy (non-hydrogen) atoms. The summed E-state index contributed by atoms with van der Waals surface area (Å²) in [5, 5.41) is 0. The van der Waals surface area contributed by atoms with E-state index in [0.717, 1.165) is 19.3 Å².